The minimum absolute atomic E-state index is 0.510. The van der Waals surface area contributed by atoms with Crippen molar-refractivity contribution < 1.29 is 0 Å². The van der Waals surface area contributed by atoms with Gasteiger partial charge in [-0.1, -0.05) is 18.0 Å². The van der Waals surface area contributed by atoms with Crippen LogP contribution in [0, 0.1) is 0 Å². The van der Waals surface area contributed by atoms with E-state index in [-0.39, 0.29) is 0 Å². The molecular formula is C12H19ClN4. The lowest BCUT2D eigenvalue weighted by Gasteiger charge is -2.28. The topological polar surface area (TPSA) is 41.1 Å². The molecule has 0 aromatic carbocycles. The summed E-state index contributed by atoms with van der Waals surface area (Å²) in [5, 5.41) is 4.05. The molecule has 0 amide bonds. The minimum Gasteiger partial charge on any atom is -0.313 e. The maximum atomic E-state index is 6.00. The zero-order valence-corrected chi connectivity index (χ0v) is 11.0. The second-order valence-corrected chi connectivity index (χ2v) is 5.00. The van der Waals surface area contributed by atoms with Crippen molar-refractivity contribution in [2.75, 3.05) is 20.1 Å². The second-order valence-electron chi connectivity index (χ2n) is 4.64. The minimum atomic E-state index is 0.510. The molecule has 2 heterocycles. The molecule has 1 saturated heterocycles. The predicted octanol–water partition coefficient (Wildman–Crippen LogP) is 1.70. The summed E-state index contributed by atoms with van der Waals surface area (Å²) in [6.07, 6.45) is 7.20. The van der Waals surface area contributed by atoms with Crippen molar-refractivity contribution in [1.82, 2.24) is 20.2 Å². The fourth-order valence-corrected chi connectivity index (χ4v) is 2.40. The van der Waals surface area contributed by atoms with E-state index in [4.69, 9.17) is 11.6 Å². The van der Waals surface area contributed by atoms with Crippen molar-refractivity contribution in [1.29, 1.82) is 0 Å². The number of halogens is 1. The average Bonchev–Trinajstić information content (AvgIpc) is 2.33. The molecule has 5 heteroatoms. The van der Waals surface area contributed by atoms with E-state index in [1.807, 2.05) is 0 Å². The SMILES string of the molecule is CN(Cc1nccnc1Cl)CC1CCCCN1. The van der Waals surface area contributed by atoms with Gasteiger partial charge in [0.15, 0.2) is 5.15 Å². The summed E-state index contributed by atoms with van der Waals surface area (Å²) in [7, 11) is 2.10. The lowest BCUT2D eigenvalue weighted by molar-refractivity contribution is 0.254. The van der Waals surface area contributed by atoms with Crippen molar-refractivity contribution in [2.24, 2.45) is 0 Å². The summed E-state index contributed by atoms with van der Waals surface area (Å²) in [4.78, 5) is 10.5. The van der Waals surface area contributed by atoms with Crippen LogP contribution in [0.5, 0.6) is 0 Å². The molecule has 0 radical (unpaired) electrons. The number of aromatic nitrogens is 2. The Morgan fingerprint density at radius 2 is 2.24 bits per heavy atom. The van der Waals surface area contributed by atoms with Gasteiger partial charge in [0, 0.05) is 31.5 Å². The van der Waals surface area contributed by atoms with Gasteiger partial charge in [0.2, 0.25) is 0 Å². The Bertz CT molecular complexity index is 352. The molecule has 94 valence electrons. The van der Waals surface area contributed by atoms with Gasteiger partial charge in [-0.05, 0) is 26.4 Å². The van der Waals surface area contributed by atoms with Crippen LogP contribution >= 0.6 is 11.6 Å². The van der Waals surface area contributed by atoms with Crippen molar-refractivity contribution in [3.63, 3.8) is 0 Å². The first-order chi connectivity index (χ1) is 8.25. The van der Waals surface area contributed by atoms with Crippen LogP contribution in [0.3, 0.4) is 0 Å². The Morgan fingerprint density at radius 1 is 1.41 bits per heavy atom. The average molecular weight is 255 g/mol. The van der Waals surface area contributed by atoms with Gasteiger partial charge in [0.05, 0.1) is 5.69 Å². The molecular weight excluding hydrogens is 236 g/mol. The summed E-state index contributed by atoms with van der Waals surface area (Å²) in [6.45, 7) is 2.93. The van der Waals surface area contributed by atoms with E-state index >= 15 is 0 Å². The van der Waals surface area contributed by atoms with Crippen molar-refractivity contribution in [2.45, 2.75) is 31.8 Å². The predicted molar refractivity (Wildman–Crippen MR) is 69.0 cm³/mol. The summed E-state index contributed by atoms with van der Waals surface area (Å²) < 4.78 is 0. The Morgan fingerprint density at radius 3 is 2.94 bits per heavy atom. The molecule has 1 aromatic rings. The first-order valence-corrected chi connectivity index (χ1v) is 6.51. The Kier molecular flexibility index (Phi) is 4.71. The highest BCUT2D eigenvalue weighted by Crippen LogP contribution is 2.12. The fraction of sp³-hybridized carbons (Fsp3) is 0.667. The second kappa shape index (κ2) is 6.28. The monoisotopic (exact) mass is 254 g/mol. The number of nitrogens with one attached hydrogen (secondary N) is 1. The third-order valence-electron chi connectivity index (χ3n) is 3.09. The molecule has 1 N–H and O–H groups in total. The smallest absolute Gasteiger partial charge is 0.151 e. The van der Waals surface area contributed by atoms with Gasteiger partial charge in [-0.3, -0.25) is 9.88 Å². The van der Waals surface area contributed by atoms with E-state index in [2.05, 4.69) is 27.2 Å². The molecule has 1 fully saturated rings. The number of likely N-dealkylation sites (N-methyl/N-ethyl adjacent to an activating group) is 1. The van der Waals surface area contributed by atoms with Crippen LogP contribution in [-0.2, 0) is 6.54 Å². The first-order valence-electron chi connectivity index (χ1n) is 6.13. The largest absolute Gasteiger partial charge is 0.313 e. The number of hydrogen-bond acceptors (Lipinski definition) is 4. The lowest BCUT2D eigenvalue weighted by atomic mass is 10.0. The molecule has 1 aliphatic rings. The van der Waals surface area contributed by atoms with Gasteiger partial charge >= 0.3 is 0 Å². The van der Waals surface area contributed by atoms with E-state index in [0.29, 0.717) is 11.2 Å². The van der Waals surface area contributed by atoms with Gasteiger partial charge in [-0.2, -0.15) is 0 Å². The van der Waals surface area contributed by atoms with Gasteiger partial charge in [-0.15, -0.1) is 0 Å². The van der Waals surface area contributed by atoms with Crippen LogP contribution in [0.1, 0.15) is 25.0 Å². The van der Waals surface area contributed by atoms with Crippen LogP contribution in [-0.4, -0.2) is 41.0 Å². The molecule has 17 heavy (non-hydrogen) atoms. The van der Waals surface area contributed by atoms with E-state index < -0.39 is 0 Å². The molecule has 2 rings (SSSR count). The highest BCUT2D eigenvalue weighted by Gasteiger charge is 2.15. The number of hydrogen-bond donors (Lipinski definition) is 1. The van der Waals surface area contributed by atoms with Crippen LogP contribution < -0.4 is 5.32 Å². The maximum Gasteiger partial charge on any atom is 0.151 e. The number of rotatable bonds is 4. The van der Waals surface area contributed by atoms with E-state index in [1.54, 1.807) is 12.4 Å². The van der Waals surface area contributed by atoms with Crippen LogP contribution in [0.15, 0.2) is 12.4 Å². The standard InChI is InChI=1S/C12H19ClN4/c1-17(8-10-4-2-3-5-14-10)9-11-12(13)16-7-6-15-11/h6-7,10,14H,2-5,8-9H2,1H3. The molecule has 0 spiro atoms. The van der Waals surface area contributed by atoms with Crippen LogP contribution in [0.2, 0.25) is 5.15 Å². The third kappa shape index (κ3) is 3.91. The molecule has 1 atom stereocenters. The number of nitrogens with zero attached hydrogens (tertiary/aromatic N) is 3. The fourth-order valence-electron chi connectivity index (χ4n) is 2.23. The van der Waals surface area contributed by atoms with Gasteiger partial charge in [0.1, 0.15) is 0 Å². The first kappa shape index (κ1) is 12.7. The number of piperidine rings is 1. The molecule has 1 aliphatic heterocycles. The van der Waals surface area contributed by atoms with E-state index in [1.165, 1.54) is 19.3 Å². The maximum absolute atomic E-state index is 6.00. The summed E-state index contributed by atoms with van der Waals surface area (Å²) in [6, 6.07) is 0.601. The molecule has 0 bridgehead atoms. The quantitative estimate of drug-likeness (QED) is 0.888. The Labute approximate surface area is 107 Å². The highest BCUT2D eigenvalue weighted by molar-refractivity contribution is 6.29. The van der Waals surface area contributed by atoms with Crippen LogP contribution in [0.25, 0.3) is 0 Å². The zero-order valence-electron chi connectivity index (χ0n) is 10.2. The Hall–Kier alpha value is -0.710. The van der Waals surface area contributed by atoms with Gasteiger partial charge in [0.25, 0.3) is 0 Å². The van der Waals surface area contributed by atoms with Gasteiger partial charge in [-0.25, -0.2) is 4.98 Å². The summed E-state index contributed by atoms with van der Waals surface area (Å²) >= 11 is 6.00. The van der Waals surface area contributed by atoms with Gasteiger partial charge < -0.3 is 5.32 Å². The molecule has 1 unspecified atom stereocenters. The summed E-state index contributed by atoms with van der Waals surface area (Å²) in [5.41, 5.74) is 0.854. The molecule has 1 aromatic heterocycles. The molecule has 4 nitrogen and oxygen atoms in total. The van der Waals surface area contributed by atoms with Crippen molar-refractivity contribution in [3.8, 4) is 0 Å². The normalized spacial score (nSPS) is 20.8. The van der Waals surface area contributed by atoms with E-state index in [0.717, 1.165) is 25.3 Å². The Balaban J connectivity index is 1.84. The summed E-state index contributed by atoms with van der Waals surface area (Å²) in [5.74, 6) is 0. The van der Waals surface area contributed by atoms with Crippen molar-refractivity contribution >= 4 is 11.6 Å². The molecule has 0 saturated carbocycles. The zero-order chi connectivity index (χ0) is 12.1. The highest BCUT2D eigenvalue weighted by atomic mass is 35.5. The lowest BCUT2D eigenvalue weighted by Crippen LogP contribution is -2.42. The van der Waals surface area contributed by atoms with Crippen LogP contribution in [0.4, 0.5) is 0 Å². The van der Waals surface area contributed by atoms with E-state index in [9.17, 15) is 0 Å². The molecule has 0 aliphatic carbocycles. The third-order valence-corrected chi connectivity index (χ3v) is 3.40. The van der Waals surface area contributed by atoms with Crippen molar-refractivity contribution in [3.05, 3.63) is 23.2 Å².